The first-order valence-corrected chi connectivity index (χ1v) is 5.54. The van der Waals surface area contributed by atoms with Gasteiger partial charge in [0.25, 0.3) is 5.91 Å². The van der Waals surface area contributed by atoms with E-state index < -0.39 is 0 Å². The average Bonchev–Trinajstić information content (AvgIpc) is 3.09. The van der Waals surface area contributed by atoms with E-state index in [1.165, 1.54) is 0 Å². The Morgan fingerprint density at radius 1 is 1.41 bits per heavy atom. The van der Waals surface area contributed by atoms with Crippen LogP contribution in [0.15, 0.2) is 24.3 Å². The molecule has 1 saturated carbocycles. The Hall–Kier alpha value is -1.75. The number of nitrogen functional groups attached to an aromatic ring is 1. The van der Waals surface area contributed by atoms with Gasteiger partial charge in [0.05, 0.1) is 12.1 Å². The molecule has 0 atom stereocenters. The van der Waals surface area contributed by atoms with Gasteiger partial charge in [0.1, 0.15) is 5.75 Å². The van der Waals surface area contributed by atoms with Crippen LogP contribution < -0.4 is 15.8 Å². The Morgan fingerprint density at radius 3 is 2.59 bits per heavy atom. The van der Waals surface area contributed by atoms with E-state index in [1.807, 2.05) is 0 Å². The zero-order chi connectivity index (χ0) is 12.3. The summed E-state index contributed by atoms with van der Waals surface area (Å²) < 4.78 is 5.29. The molecule has 0 aromatic heterocycles. The fraction of sp³-hybridized carbons (Fsp3) is 0.417. The van der Waals surface area contributed by atoms with Gasteiger partial charge in [0, 0.05) is 5.69 Å². The van der Waals surface area contributed by atoms with Gasteiger partial charge >= 0.3 is 0 Å². The minimum atomic E-state index is -0.387. The van der Waals surface area contributed by atoms with E-state index in [2.05, 4.69) is 5.32 Å². The first-order valence-electron chi connectivity index (χ1n) is 5.54. The minimum Gasteiger partial charge on any atom is -0.484 e. The van der Waals surface area contributed by atoms with E-state index in [9.17, 15) is 4.79 Å². The van der Waals surface area contributed by atoms with Crippen molar-refractivity contribution in [1.82, 2.24) is 5.32 Å². The number of hydrogen-bond acceptors (Lipinski definition) is 4. The average molecular weight is 236 g/mol. The normalized spacial score (nSPS) is 16.3. The van der Waals surface area contributed by atoms with Gasteiger partial charge in [0.15, 0.2) is 6.61 Å². The Balaban J connectivity index is 1.78. The zero-order valence-electron chi connectivity index (χ0n) is 9.48. The summed E-state index contributed by atoms with van der Waals surface area (Å²) >= 11 is 0. The fourth-order valence-electron chi connectivity index (χ4n) is 1.52. The lowest BCUT2D eigenvalue weighted by Crippen LogP contribution is -2.42. The van der Waals surface area contributed by atoms with Crippen LogP contribution >= 0.6 is 0 Å². The molecule has 1 amide bonds. The number of hydrogen-bond donors (Lipinski definition) is 3. The first kappa shape index (κ1) is 11.7. The van der Waals surface area contributed by atoms with E-state index in [0.717, 1.165) is 12.8 Å². The van der Waals surface area contributed by atoms with E-state index in [0.29, 0.717) is 11.4 Å². The second kappa shape index (κ2) is 4.63. The molecule has 17 heavy (non-hydrogen) atoms. The smallest absolute Gasteiger partial charge is 0.258 e. The molecule has 5 heteroatoms. The highest BCUT2D eigenvalue weighted by molar-refractivity contribution is 5.78. The van der Waals surface area contributed by atoms with Crippen LogP contribution in [0.1, 0.15) is 12.8 Å². The molecule has 92 valence electrons. The second-order valence-electron chi connectivity index (χ2n) is 4.34. The molecular formula is C12H16N2O3. The maximum Gasteiger partial charge on any atom is 0.258 e. The molecule has 1 aromatic rings. The number of ether oxygens (including phenoxy) is 1. The number of nitrogens with two attached hydrogens (primary N) is 1. The molecule has 1 aliphatic rings. The van der Waals surface area contributed by atoms with Gasteiger partial charge in [-0.1, -0.05) is 0 Å². The molecule has 0 bridgehead atoms. The molecule has 1 fully saturated rings. The Labute approximate surface area is 99.6 Å². The highest BCUT2D eigenvalue weighted by atomic mass is 16.5. The number of aliphatic hydroxyl groups is 1. The number of benzene rings is 1. The van der Waals surface area contributed by atoms with Crippen molar-refractivity contribution in [3.63, 3.8) is 0 Å². The van der Waals surface area contributed by atoms with Gasteiger partial charge in [-0.3, -0.25) is 4.79 Å². The molecule has 0 heterocycles. The SMILES string of the molecule is Nc1ccc(OCC(=O)NC2(CO)CC2)cc1. The lowest BCUT2D eigenvalue weighted by molar-refractivity contribution is -0.124. The zero-order valence-corrected chi connectivity index (χ0v) is 9.48. The van der Waals surface area contributed by atoms with Gasteiger partial charge in [0.2, 0.25) is 0 Å². The summed E-state index contributed by atoms with van der Waals surface area (Å²) in [7, 11) is 0. The molecule has 0 spiro atoms. The van der Waals surface area contributed by atoms with E-state index in [4.69, 9.17) is 15.6 Å². The van der Waals surface area contributed by atoms with Crippen molar-refractivity contribution < 1.29 is 14.6 Å². The molecule has 0 aliphatic heterocycles. The molecule has 4 N–H and O–H groups in total. The monoisotopic (exact) mass is 236 g/mol. The van der Waals surface area contributed by atoms with E-state index in [-0.39, 0.29) is 24.7 Å². The summed E-state index contributed by atoms with van der Waals surface area (Å²) in [4.78, 5) is 11.5. The number of carbonyl (C=O) groups is 1. The third-order valence-electron chi connectivity index (χ3n) is 2.81. The number of carbonyl (C=O) groups excluding carboxylic acids is 1. The van der Waals surface area contributed by atoms with Crippen LogP contribution in [-0.2, 0) is 4.79 Å². The lowest BCUT2D eigenvalue weighted by atomic mass is 10.3. The van der Waals surface area contributed by atoms with E-state index >= 15 is 0 Å². The molecule has 5 nitrogen and oxygen atoms in total. The minimum absolute atomic E-state index is 0.0133. The number of aliphatic hydroxyl groups excluding tert-OH is 1. The number of amides is 1. The summed E-state index contributed by atoms with van der Waals surface area (Å²) in [5.74, 6) is 0.386. The van der Waals surface area contributed by atoms with Crippen molar-refractivity contribution in [2.75, 3.05) is 18.9 Å². The third-order valence-corrected chi connectivity index (χ3v) is 2.81. The van der Waals surface area contributed by atoms with Crippen LogP contribution in [0.3, 0.4) is 0 Å². The number of rotatable bonds is 5. The van der Waals surface area contributed by atoms with E-state index in [1.54, 1.807) is 24.3 Å². The van der Waals surface area contributed by atoms with Crippen LogP contribution in [0, 0.1) is 0 Å². The summed E-state index contributed by atoms with van der Waals surface area (Å²) in [6.07, 6.45) is 1.66. The highest BCUT2D eigenvalue weighted by Gasteiger charge is 2.43. The lowest BCUT2D eigenvalue weighted by Gasteiger charge is -2.14. The van der Waals surface area contributed by atoms with Crippen molar-refractivity contribution in [3.05, 3.63) is 24.3 Å². The van der Waals surface area contributed by atoms with Crippen molar-refractivity contribution in [2.24, 2.45) is 0 Å². The van der Waals surface area contributed by atoms with Crippen molar-refractivity contribution >= 4 is 11.6 Å². The molecule has 0 radical (unpaired) electrons. The van der Waals surface area contributed by atoms with Gasteiger partial charge in [-0.2, -0.15) is 0 Å². The van der Waals surface area contributed by atoms with Gasteiger partial charge in [-0.05, 0) is 37.1 Å². The quantitative estimate of drug-likeness (QED) is 0.641. The van der Waals surface area contributed by atoms with Crippen LogP contribution in [-0.4, -0.2) is 29.8 Å². The molecular weight excluding hydrogens is 220 g/mol. The predicted molar refractivity (Wildman–Crippen MR) is 63.5 cm³/mol. The van der Waals surface area contributed by atoms with Crippen molar-refractivity contribution in [1.29, 1.82) is 0 Å². The third kappa shape index (κ3) is 3.10. The number of nitrogens with one attached hydrogen (secondary N) is 1. The molecule has 1 aromatic carbocycles. The van der Waals surface area contributed by atoms with Crippen LogP contribution in [0.2, 0.25) is 0 Å². The Bertz CT molecular complexity index is 399. The van der Waals surface area contributed by atoms with Crippen LogP contribution in [0.25, 0.3) is 0 Å². The Morgan fingerprint density at radius 2 is 2.06 bits per heavy atom. The number of anilines is 1. The summed E-state index contributed by atoms with van der Waals surface area (Å²) in [6, 6.07) is 6.84. The summed E-state index contributed by atoms with van der Waals surface area (Å²) in [5, 5.41) is 11.8. The van der Waals surface area contributed by atoms with Gasteiger partial charge in [-0.15, -0.1) is 0 Å². The maximum absolute atomic E-state index is 11.5. The molecule has 0 saturated heterocycles. The maximum atomic E-state index is 11.5. The topological polar surface area (TPSA) is 84.6 Å². The first-order chi connectivity index (χ1) is 8.13. The second-order valence-corrected chi connectivity index (χ2v) is 4.34. The largest absolute Gasteiger partial charge is 0.484 e. The van der Waals surface area contributed by atoms with Gasteiger partial charge < -0.3 is 20.9 Å². The molecule has 2 rings (SSSR count). The predicted octanol–water partition coefficient (Wildman–Crippen LogP) is 0.289. The standard InChI is InChI=1S/C12H16N2O3/c13-9-1-3-10(4-2-9)17-7-11(16)14-12(8-15)5-6-12/h1-4,15H,5-8,13H2,(H,14,16). The molecule has 1 aliphatic carbocycles. The van der Waals surface area contributed by atoms with Gasteiger partial charge in [-0.25, -0.2) is 0 Å². The summed E-state index contributed by atoms with van der Waals surface area (Å²) in [6.45, 7) is -0.0632. The van der Waals surface area contributed by atoms with Crippen molar-refractivity contribution in [3.8, 4) is 5.75 Å². The fourth-order valence-corrected chi connectivity index (χ4v) is 1.52. The van der Waals surface area contributed by atoms with Crippen molar-refractivity contribution in [2.45, 2.75) is 18.4 Å². The summed E-state index contributed by atoms with van der Waals surface area (Å²) in [5.41, 5.74) is 5.79. The van der Waals surface area contributed by atoms with Crippen LogP contribution in [0.4, 0.5) is 5.69 Å². The Kier molecular flexibility index (Phi) is 3.19. The highest BCUT2D eigenvalue weighted by Crippen LogP contribution is 2.34. The van der Waals surface area contributed by atoms with Crippen LogP contribution in [0.5, 0.6) is 5.75 Å². The molecule has 0 unspecified atom stereocenters.